The quantitative estimate of drug-likeness (QED) is 0.372. The zero-order valence-corrected chi connectivity index (χ0v) is 16.1. The van der Waals surface area contributed by atoms with Gasteiger partial charge in [0.15, 0.2) is 0 Å². The summed E-state index contributed by atoms with van der Waals surface area (Å²) < 4.78 is 25.9. The normalized spacial score (nSPS) is 28.2. The Morgan fingerprint density at radius 2 is 1.30 bits per heavy atom. The number of hydrogen-bond donors (Lipinski definition) is 0. The van der Waals surface area contributed by atoms with E-state index in [-0.39, 0.29) is 0 Å². The van der Waals surface area contributed by atoms with Gasteiger partial charge >= 0.3 is 146 Å². The van der Waals surface area contributed by atoms with Gasteiger partial charge in [-0.3, -0.25) is 0 Å². The predicted octanol–water partition coefficient (Wildman–Crippen LogP) is 1.83. The molecule has 23 heavy (non-hydrogen) atoms. The van der Waals surface area contributed by atoms with Crippen molar-refractivity contribution in [2.24, 2.45) is 0 Å². The van der Waals surface area contributed by atoms with Crippen LogP contribution in [0.4, 0.5) is 0 Å². The molecule has 9 heteroatoms. The van der Waals surface area contributed by atoms with E-state index in [1.54, 1.807) is 0 Å². The topological polar surface area (TPSA) is 33.2 Å². The van der Waals surface area contributed by atoms with Crippen LogP contribution in [0.5, 0.6) is 0 Å². The van der Waals surface area contributed by atoms with Crippen molar-refractivity contribution in [2.45, 2.75) is 27.7 Å². The molecule has 122 valence electrons. The van der Waals surface area contributed by atoms with Gasteiger partial charge in [-0.05, 0) is 0 Å². The van der Waals surface area contributed by atoms with E-state index in [0.29, 0.717) is 24.6 Å². The molecule has 0 aromatic carbocycles. The van der Waals surface area contributed by atoms with Crippen LogP contribution >= 0.6 is 0 Å². The third-order valence-corrected chi connectivity index (χ3v) is 11.5. The van der Waals surface area contributed by atoms with Crippen LogP contribution < -0.4 is 0 Å². The van der Waals surface area contributed by atoms with Crippen molar-refractivity contribution in [1.29, 1.82) is 0 Å². The average Bonchev–Trinajstić information content (AvgIpc) is 2.71. The fourth-order valence-corrected chi connectivity index (χ4v) is 11.7. The van der Waals surface area contributed by atoms with E-state index in [2.05, 4.69) is 19.8 Å². The maximum atomic E-state index is 6.44. The summed E-state index contributed by atoms with van der Waals surface area (Å²) in [6.45, 7) is 8.89. The minimum absolute atomic E-state index is 0.624. The van der Waals surface area contributed by atoms with E-state index in [1.165, 1.54) is 0 Å². The van der Waals surface area contributed by atoms with E-state index >= 15 is 0 Å². The fraction of sp³-hybridized carbons (Fsp3) is 0.429. The van der Waals surface area contributed by atoms with E-state index in [4.69, 9.17) is 34.1 Å². The Hall–Kier alpha value is -1.94. The number of allylic oxidation sites excluding steroid dienone is 4. The van der Waals surface area contributed by atoms with Gasteiger partial charge in [0.25, 0.3) is 0 Å². The summed E-state index contributed by atoms with van der Waals surface area (Å²) in [6, 6.07) is 0. The van der Waals surface area contributed by atoms with Crippen molar-refractivity contribution in [3.05, 3.63) is 32.7 Å². The Morgan fingerprint density at radius 3 is 1.65 bits per heavy atom. The molecule has 0 unspecified atom stereocenters. The standard InChI is InChI=1S/C14H20N4O2S2Si/c1-11-7-13(3)19-23(15-9-21,16-10-22)17(11)5-6-18(23)12(2)8-14(4)20-23/h7-8,21-22H,5-6H2,1-4H3/q+2/p-2. The van der Waals surface area contributed by atoms with E-state index < -0.39 is 7.76 Å². The molecule has 0 aliphatic carbocycles. The van der Waals surface area contributed by atoms with Crippen LogP contribution in [0.3, 0.4) is 0 Å². The van der Waals surface area contributed by atoms with Crippen molar-refractivity contribution in [1.82, 2.24) is 0 Å². The predicted molar refractivity (Wildman–Crippen MR) is 96.3 cm³/mol. The second-order valence-electron chi connectivity index (χ2n) is 6.12. The molecule has 3 heterocycles. The van der Waals surface area contributed by atoms with Gasteiger partial charge in [0.1, 0.15) is 0 Å². The van der Waals surface area contributed by atoms with Gasteiger partial charge in [0.2, 0.25) is 0 Å². The Kier molecular flexibility index (Phi) is 2.99. The summed E-state index contributed by atoms with van der Waals surface area (Å²) in [5, 5.41) is 4.96. The molecule has 3 rings (SSSR count). The summed E-state index contributed by atoms with van der Waals surface area (Å²) >= 11 is 9.97. The van der Waals surface area contributed by atoms with E-state index in [1.807, 2.05) is 48.3 Å². The summed E-state index contributed by atoms with van der Waals surface area (Å²) in [5.74, 6) is 1.28. The Morgan fingerprint density at radius 1 is 0.913 bits per heavy atom. The van der Waals surface area contributed by atoms with Crippen LogP contribution in [0.15, 0.2) is 23.7 Å². The molecule has 0 aromatic heterocycles. The first-order valence-electron chi connectivity index (χ1n) is 7.30. The third-order valence-electron chi connectivity index (χ3n) is 4.73. The molecule has 3 aliphatic rings. The van der Waals surface area contributed by atoms with Crippen LogP contribution in [-0.2, 0) is 34.1 Å². The molecule has 6 nitrogen and oxygen atoms in total. The van der Waals surface area contributed by atoms with Crippen molar-refractivity contribution in [3.8, 4) is 10.8 Å². The summed E-state index contributed by atoms with van der Waals surface area (Å²) in [6.07, 6.45) is 3.86. The van der Waals surface area contributed by atoms with Crippen molar-refractivity contribution < 1.29 is 17.3 Å². The average molecular weight is 367 g/mol. The fourth-order valence-electron chi connectivity index (χ4n) is 4.25. The zero-order chi connectivity index (χ0) is 16.9. The van der Waals surface area contributed by atoms with Gasteiger partial charge in [-0.15, -0.1) is 0 Å². The zero-order valence-electron chi connectivity index (χ0n) is 13.5. The van der Waals surface area contributed by atoms with Crippen LogP contribution in [0.1, 0.15) is 27.7 Å². The minimum atomic E-state index is -5.29. The van der Waals surface area contributed by atoms with Crippen molar-refractivity contribution in [3.63, 3.8) is 0 Å². The summed E-state index contributed by atoms with van der Waals surface area (Å²) in [4.78, 5) is 0. The Balaban J connectivity index is 2.66. The molecule has 0 atom stereocenters. The molecule has 0 N–H and O–H groups in total. The Bertz CT molecular complexity index is 833. The molecule has 1 saturated heterocycles. The maximum absolute atomic E-state index is 6.44. The van der Waals surface area contributed by atoms with Gasteiger partial charge in [0, 0.05) is 0 Å². The number of rotatable bonds is 0. The Labute approximate surface area is 146 Å². The van der Waals surface area contributed by atoms with Gasteiger partial charge < -0.3 is 0 Å². The van der Waals surface area contributed by atoms with Crippen LogP contribution in [0.2, 0.25) is 0 Å². The molecule has 0 amide bonds. The monoisotopic (exact) mass is 366 g/mol. The number of thiocyanates is 2. The van der Waals surface area contributed by atoms with Gasteiger partial charge in [-0.25, -0.2) is 0 Å². The molecule has 0 bridgehead atoms. The van der Waals surface area contributed by atoms with Crippen molar-refractivity contribution in [2.75, 3.05) is 13.1 Å². The molecule has 0 aromatic rings. The van der Waals surface area contributed by atoms with Crippen LogP contribution in [0, 0.1) is 10.8 Å². The number of hydrogen-bond acceptors (Lipinski definition) is 4. The molecule has 0 saturated carbocycles. The van der Waals surface area contributed by atoms with E-state index in [9.17, 15) is 0 Å². The molecular weight excluding hydrogens is 348 g/mol. The third kappa shape index (κ3) is 1.55. The first kappa shape index (κ1) is 15.9. The van der Waals surface area contributed by atoms with Gasteiger partial charge in [0.05, 0.1) is 0 Å². The summed E-state index contributed by atoms with van der Waals surface area (Å²) in [5.41, 5.74) is 1.87. The second kappa shape index (κ2) is 4.32. The van der Waals surface area contributed by atoms with Gasteiger partial charge in [-0.2, -0.15) is 0 Å². The van der Waals surface area contributed by atoms with E-state index in [0.717, 1.165) is 11.4 Å². The van der Waals surface area contributed by atoms with Crippen LogP contribution in [0.25, 0.3) is 9.02 Å². The first-order chi connectivity index (χ1) is 10.8. The van der Waals surface area contributed by atoms with Crippen molar-refractivity contribution >= 4 is 44.4 Å². The molecule has 3 aliphatic heterocycles. The number of nitrogens with zero attached hydrogens (tertiary/aromatic N) is 4. The molecule has 1 spiro atoms. The SMILES string of the molecule is CC1=CC(C)=[N+]2CC[N+]3=C(C)C=C(C)O[Si-2]23([N+]#C[S-])([N+]#C[S-])O1. The molecule has 1 fully saturated rings. The van der Waals surface area contributed by atoms with Gasteiger partial charge in [-0.1, -0.05) is 0 Å². The molecule has 0 radical (unpaired) electrons. The van der Waals surface area contributed by atoms with Crippen LogP contribution in [-0.4, -0.2) is 40.8 Å². The second-order valence-corrected chi connectivity index (χ2v) is 11.2. The molecular formula is C14H18N4O2S2Si. The first-order valence-corrected chi connectivity index (χ1v) is 10.7. The summed E-state index contributed by atoms with van der Waals surface area (Å²) in [7, 11) is -5.29.